The first kappa shape index (κ1) is 10.7. The maximum atomic E-state index is 9.47. The minimum Gasteiger partial charge on any atom is -0.508 e. The molecule has 0 aliphatic rings. The summed E-state index contributed by atoms with van der Waals surface area (Å²) < 4.78 is 1.89. The third kappa shape index (κ3) is 1.50. The van der Waals surface area contributed by atoms with E-state index in [0.29, 0.717) is 11.5 Å². The molecule has 18 heavy (non-hydrogen) atoms. The van der Waals surface area contributed by atoms with Gasteiger partial charge in [-0.15, -0.1) is 0 Å². The Morgan fingerprint density at radius 2 is 1.94 bits per heavy atom. The van der Waals surface area contributed by atoms with Crippen molar-refractivity contribution in [1.82, 2.24) is 9.55 Å². The largest absolute Gasteiger partial charge is 0.508 e. The summed E-state index contributed by atoms with van der Waals surface area (Å²) in [6.45, 7) is 2.03. The number of fused-ring (bicyclic) bond motifs is 1. The normalized spacial score (nSPS) is 10.9. The van der Waals surface area contributed by atoms with Crippen molar-refractivity contribution in [3.8, 4) is 11.4 Å². The Hall–Kier alpha value is -2.49. The number of rotatable bonds is 1. The van der Waals surface area contributed by atoms with E-state index in [-0.39, 0.29) is 5.75 Å². The Labute approximate surface area is 104 Å². The molecule has 0 fully saturated rings. The number of imidazole rings is 1. The van der Waals surface area contributed by atoms with Gasteiger partial charge < -0.3 is 10.8 Å². The van der Waals surface area contributed by atoms with E-state index in [9.17, 15) is 5.11 Å². The summed E-state index contributed by atoms with van der Waals surface area (Å²) in [5.74, 6) is 0.613. The molecule has 3 N–H and O–H groups in total. The van der Waals surface area contributed by atoms with E-state index in [1.807, 2.05) is 41.8 Å². The summed E-state index contributed by atoms with van der Waals surface area (Å²) in [5, 5.41) is 9.47. The third-order valence-electron chi connectivity index (χ3n) is 3.02. The maximum Gasteiger partial charge on any atom is 0.205 e. The Bertz CT molecular complexity index is 731. The molecule has 0 aliphatic heterocycles. The molecule has 4 heteroatoms. The first-order valence-electron chi connectivity index (χ1n) is 5.70. The van der Waals surface area contributed by atoms with E-state index in [1.165, 1.54) is 0 Å². The molecule has 0 amide bonds. The molecule has 1 aromatic heterocycles. The van der Waals surface area contributed by atoms with Crippen LogP contribution in [0.25, 0.3) is 16.7 Å². The van der Waals surface area contributed by atoms with E-state index in [0.717, 1.165) is 16.8 Å². The molecule has 90 valence electrons. The Morgan fingerprint density at radius 1 is 1.17 bits per heavy atom. The summed E-state index contributed by atoms with van der Waals surface area (Å²) in [6.07, 6.45) is 0. The smallest absolute Gasteiger partial charge is 0.205 e. The number of aromatic hydroxyl groups is 1. The SMILES string of the molecule is Cc1ccccc1-n1c(N)nc2cc(O)ccc21. The number of nitrogen functional groups attached to an aromatic ring is 1. The average Bonchev–Trinajstić information content (AvgIpc) is 2.65. The molecule has 0 spiro atoms. The summed E-state index contributed by atoms with van der Waals surface area (Å²) in [7, 11) is 0. The molecule has 0 saturated heterocycles. The summed E-state index contributed by atoms with van der Waals surface area (Å²) in [6, 6.07) is 13.0. The molecule has 0 radical (unpaired) electrons. The van der Waals surface area contributed by atoms with Gasteiger partial charge in [-0.2, -0.15) is 0 Å². The minimum atomic E-state index is 0.192. The van der Waals surface area contributed by atoms with Crippen LogP contribution in [0, 0.1) is 6.92 Å². The lowest BCUT2D eigenvalue weighted by atomic mass is 10.2. The zero-order valence-electron chi connectivity index (χ0n) is 9.96. The van der Waals surface area contributed by atoms with Crippen molar-refractivity contribution in [2.24, 2.45) is 0 Å². The van der Waals surface area contributed by atoms with Crippen LogP contribution in [0.4, 0.5) is 5.95 Å². The highest BCUT2D eigenvalue weighted by Crippen LogP contribution is 2.27. The van der Waals surface area contributed by atoms with Gasteiger partial charge in [-0.1, -0.05) is 18.2 Å². The van der Waals surface area contributed by atoms with Gasteiger partial charge in [0, 0.05) is 6.07 Å². The topological polar surface area (TPSA) is 64.1 Å². The number of nitrogens with two attached hydrogens (primary N) is 1. The minimum absolute atomic E-state index is 0.192. The van der Waals surface area contributed by atoms with Crippen LogP contribution < -0.4 is 5.73 Å². The van der Waals surface area contributed by atoms with E-state index in [4.69, 9.17) is 5.73 Å². The predicted octanol–water partition coefficient (Wildman–Crippen LogP) is 2.62. The molecule has 3 rings (SSSR count). The van der Waals surface area contributed by atoms with E-state index in [1.54, 1.807) is 12.1 Å². The van der Waals surface area contributed by atoms with Crippen molar-refractivity contribution in [2.45, 2.75) is 6.92 Å². The standard InChI is InChI=1S/C14H13N3O/c1-9-4-2-3-5-12(9)17-13-7-6-10(18)8-11(13)16-14(17)15/h2-8,18H,1H3,(H2,15,16). The Morgan fingerprint density at radius 3 is 2.72 bits per heavy atom. The van der Waals surface area contributed by atoms with Gasteiger partial charge in [0.2, 0.25) is 5.95 Å². The lowest BCUT2D eigenvalue weighted by Crippen LogP contribution is -2.02. The number of phenols is 1. The number of hydrogen-bond donors (Lipinski definition) is 2. The second-order valence-electron chi connectivity index (χ2n) is 4.26. The molecule has 0 bridgehead atoms. The summed E-state index contributed by atoms with van der Waals surface area (Å²) in [4.78, 5) is 4.27. The van der Waals surface area contributed by atoms with Crippen LogP contribution in [-0.4, -0.2) is 14.7 Å². The van der Waals surface area contributed by atoms with Gasteiger partial charge in [0.05, 0.1) is 16.7 Å². The van der Waals surface area contributed by atoms with E-state index in [2.05, 4.69) is 4.98 Å². The monoisotopic (exact) mass is 239 g/mol. The van der Waals surface area contributed by atoms with Crippen LogP contribution >= 0.6 is 0 Å². The highest BCUT2D eigenvalue weighted by molar-refractivity contribution is 5.82. The molecular weight excluding hydrogens is 226 g/mol. The van der Waals surface area contributed by atoms with Crippen LogP contribution in [-0.2, 0) is 0 Å². The number of anilines is 1. The highest BCUT2D eigenvalue weighted by atomic mass is 16.3. The third-order valence-corrected chi connectivity index (χ3v) is 3.02. The number of aryl methyl sites for hydroxylation is 1. The highest BCUT2D eigenvalue weighted by Gasteiger charge is 2.11. The maximum absolute atomic E-state index is 9.47. The van der Waals surface area contributed by atoms with Gasteiger partial charge in [-0.3, -0.25) is 4.57 Å². The van der Waals surface area contributed by atoms with Crippen molar-refractivity contribution in [2.75, 3.05) is 5.73 Å². The van der Waals surface area contributed by atoms with Crippen LogP contribution in [0.5, 0.6) is 5.75 Å². The zero-order valence-corrected chi connectivity index (χ0v) is 9.96. The van der Waals surface area contributed by atoms with Gasteiger partial charge in [0.25, 0.3) is 0 Å². The summed E-state index contributed by atoms with van der Waals surface area (Å²) >= 11 is 0. The lowest BCUT2D eigenvalue weighted by molar-refractivity contribution is 0.476. The van der Waals surface area contributed by atoms with Crippen LogP contribution in [0.15, 0.2) is 42.5 Å². The first-order chi connectivity index (χ1) is 8.66. The molecule has 0 unspecified atom stereocenters. The fourth-order valence-corrected chi connectivity index (χ4v) is 2.15. The molecule has 1 heterocycles. The average molecular weight is 239 g/mol. The molecule has 0 aliphatic carbocycles. The number of para-hydroxylation sites is 1. The number of hydrogen-bond acceptors (Lipinski definition) is 3. The molecule has 4 nitrogen and oxygen atoms in total. The number of nitrogens with zero attached hydrogens (tertiary/aromatic N) is 2. The Kier molecular flexibility index (Phi) is 2.23. The molecule has 0 saturated carbocycles. The van der Waals surface area contributed by atoms with Crippen molar-refractivity contribution < 1.29 is 5.11 Å². The lowest BCUT2D eigenvalue weighted by Gasteiger charge is -2.09. The summed E-state index contributed by atoms with van der Waals surface area (Å²) in [5.41, 5.74) is 9.68. The fraction of sp³-hybridized carbons (Fsp3) is 0.0714. The van der Waals surface area contributed by atoms with Crippen molar-refractivity contribution in [3.63, 3.8) is 0 Å². The number of aromatic nitrogens is 2. The van der Waals surface area contributed by atoms with Gasteiger partial charge in [0.15, 0.2) is 0 Å². The molecule has 3 aromatic rings. The second-order valence-corrected chi connectivity index (χ2v) is 4.26. The molecular formula is C14H13N3O. The van der Waals surface area contributed by atoms with Gasteiger partial charge in [-0.05, 0) is 30.7 Å². The quantitative estimate of drug-likeness (QED) is 0.686. The van der Waals surface area contributed by atoms with Crippen molar-refractivity contribution in [3.05, 3.63) is 48.0 Å². The number of benzene rings is 2. The van der Waals surface area contributed by atoms with Gasteiger partial charge in [-0.25, -0.2) is 4.98 Å². The zero-order chi connectivity index (χ0) is 12.7. The van der Waals surface area contributed by atoms with E-state index < -0.39 is 0 Å². The first-order valence-corrected chi connectivity index (χ1v) is 5.70. The van der Waals surface area contributed by atoms with Crippen LogP contribution in [0.1, 0.15) is 5.56 Å². The molecule has 2 aromatic carbocycles. The van der Waals surface area contributed by atoms with Crippen molar-refractivity contribution in [1.29, 1.82) is 0 Å². The second kappa shape index (κ2) is 3.77. The Balaban J connectivity index is 2.36. The van der Waals surface area contributed by atoms with Crippen LogP contribution in [0.3, 0.4) is 0 Å². The van der Waals surface area contributed by atoms with Crippen molar-refractivity contribution >= 4 is 17.0 Å². The fourth-order valence-electron chi connectivity index (χ4n) is 2.15. The predicted molar refractivity (Wildman–Crippen MR) is 71.9 cm³/mol. The van der Waals surface area contributed by atoms with Gasteiger partial charge >= 0.3 is 0 Å². The molecule has 0 atom stereocenters. The number of phenolic OH excluding ortho intramolecular Hbond substituents is 1. The van der Waals surface area contributed by atoms with E-state index >= 15 is 0 Å². The van der Waals surface area contributed by atoms with Crippen LogP contribution in [0.2, 0.25) is 0 Å². The van der Waals surface area contributed by atoms with Gasteiger partial charge in [0.1, 0.15) is 5.75 Å².